The van der Waals surface area contributed by atoms with Crippen LogP contribution in [-0.2, 0) is 11.8 Å². The molecule has 1 amide bonds. The molecule has 0 saturated heterocycles. The lowest BCUT2D eigenvalue weighted by molar-refractivity contribution is -0.141. The second kappa shape index (κ2) is 8.06. The summed E-state index contributed by atoms with van der Waals surface area (Å²) in [6.07, 6.45) is -1.29. The van der Waals surface area contributed by atoms with Crippen LogP contribution in [0.5, 0.6) is 0 Å². The van der Waals surface area contributed by atoms with Gasteiger partial charge in [-0.15, -0.1) is 0 Å². The number of nitrogens with zero attached hydrogens (tertiary/aromatic N) is 3. The van der Waals surface area contributed by atoms with E-state index in [-0.39, 0.29) is 23.3 Å². The molecular weight excluding hydrogens is 449 g/mol. The van der Waals surface area contributed by atoms with Crippen LogP contribution < -0.4 is 5.32 Å². The number of hydrogen-bond acceptors (Lipinski definition) is 5. The van der Waals surface area contributed by atoms with E-state index in [0.29, 0.717) is 16.5 Å². The fourth-order valence-corrected chi connectivity index (χ4v) is 4.17. The third-order valence-electron chi connectivity index (χ3n) is 6.33. The molecule has 0 aliphatic heterocycles. The van der Waals surface area contributed by atoms with Gasteiger partial charge in [-0.2, -0.15) is 18.3 Å². The highest BCUT2D eigenvalue weighted by molar-refractivity contribution is 6.04. The summed E-state index contributed by atoms with van der Waals surface area (Å²) < 4.78 is 40.8. The Bertz CT molecular complexity index is 1230. The largest absolute Gasteiger partial charge is 0.433 e. The fraction of sp³-hybridized carbons (Fsp3) is 0.458. The predicted molar refractivity (Wildman–Crippen MR) is 120 cm³/mol. The lowest BCUT2D eigenvalue weighted by Crippen LogP contribution is -2.41. The van der Waals surface area contributed by atoms with Crippen LogP contribution in [0, 0.1) is 5.92 Å². The lowest BCUT2D eigenvalue weighted by Gasteiger charge is -2.42. The minimum Gasteiger partial charge on any atom is -0.390 e. The zero-order chi connectivity index (χ0) is 25.1. The smallest absolute Gasteiger partial charge is 0.390 e. The van der Waals surface area contributed by atoms with Crippen molar-refractivity contribution in [3.63, 3.8) is 0 Å². The zero-order valence-electron chi connectivity index (χ0n) is 19.3. The first kappa shape index (κ1) is 24.2. The number of nitrogens with one attached hydrogen (secondary N) is 1. The molecule has 34 heavy (non-hydrogen) atoms. The van der Waals surface area contributed by atoms with Crippen LogP contribution in [0.2, 0.25) is 0 Å². The Balaban J connectivity index is 1.65. The maximum Gasteiger partial charge on any atom is 0.433 e. The Labute approximate surface area is 194 Å². The van der Waals surface area contributed by atoms with E-state index >= 15 is 0 Å². The molecule has 1 aromatic carbocycles. The molecule has 0 radical (unpaired) electrons. The summed E-state index contributed by atoms with van der Waals surface area (Å²) in [5.41, 5.74) is -2.43. The third kappa shape index (κ3) is 4.78. The van der Waals surface area contributed by atoms with Gasteiger partial charge in [0, 0.05) is 22.8 Å². The second-order valence-electron chi connectivity index (χ2n) is 9.96. The average molecular weight is 476 g/mol. The lowest BCUT2D eigenvalue weighted by atomic mass is 9.71. The Hall–Kier alpha value is -2.98. The SMILES string of the molecule is CC(C)(O)c1cc2nn(C3CC(C(C)(C)O)C3)cc2cc1NC(=O)c1cccc(C(F)(F)F)n1. The van der Waals surface area contributed by atoms with Gasteiger partial charge in [-0.25, -0.2) is 4.98 Å². The van der Waals surface area contributed by atoms with Gasteiger partial charge in [0.1, 0.15) is 11.4 Å². The van der Waals surface area contributed by atoms with Crippen LogP contribution in [0.15, 0.2) is 36.5 Å². The van der Waals surface area contributed by atoms with E-state index in [1.54, 1.807) is 39.8 Å². The molecule has 1 saturated carbocycles. The Kier molecular flexibility index (Phi) is 5.72. The molecule has 3 N–H and O–H groups in total. The Morgan fingerprint density at radius 2 is 1.79 bits per heavy atom. The van der Waals surface area contributed by atoms with Crippen LogP contribution in [0.25, 0.3) is 10.9 Å². The molecule has 2 heterocycles. The van der Waals surface area contributed by atoms with E-state index in [2.05, 4.69) is 15.4 Å². The number of aromatic nitrogens is 3. The summed E-state index contributed by atoms with van der Waals surface area (Å²) in [7, 11) is 0. The molecule has 1 aliphatic rings. The molecular formula is C24H27F3N4O3. The highest BCUT2D eigenvalue weighted by Crippen LogP contribution is 2.44. The van der Waals surface area contributed by atoms with Gasteiger partial charge >= 0.3 is 6.18 Å². The fourth-order valence-electron chi connectivity index (χ4n) is 4.17. The first-order valence-electron chi connectivity index (χ1n) is 11.0. The van der Waals surface area contributed by atoms with Crippen molar-refractivity contribution >= 4 is 22.5 Å². The van der Waals surface area contributed by atoms with E-state index in [1.807, 2.05) is 10.9 Å². The first-order chi connectivity index (χ1) is 15.6. The molecule has 0 bridgehead atoms. The summed E-state index contributed by atoms with van der Waals surface area (Å²) in [6, 6.07) is 6.54. The standard InChI is InChI=1S/C24H27F3N4O3/c1-22(2,33)14-9-15(10-14)31-12-13-8-19(16(23(3,4)34)11-18(13)30-31)29-21(32)17-6-5-7-20(28-17)24(25,26)27/h5-8,11-12,14-15,33-34H,9-10H2,1-4H3,(H,29,32). The summed E-state index contributed by atoms with van der Waals surface area (Å²) in [5, 5.41) is 28.8. The van der Waals surface area contributed by atoms with Gasteiger partial charge in [0.2, 0.25) is 0 Å². The number of pyridine rings is 1. The Morgan fingerprint density at radius 1 is 1.12 bits per heavy atom. The van der Waals surface area contributed by atoms with Gasteiger partial charge in [-0.05, 0) is 70.7 Å². The Morgan fingerprint density at radius 3 is 2.38 bits per heavy atom. The zero-order valence-corrected chi connectivity index (χ0v) is 19.3. The van der Waals surface area contributed by atoms with Crippen molar-refractivity contribution in [2.45, 2.75) is 64.0 Å². The van der Waals surface area contributed by atoms with Crippen molar-refractivity contribution in [3.8, 4) is 0 Å². The molecule has 3 aromatic rings. The van der Waals surface area contributed by atoms with Crippen molar-refractivity contribution in [3.05, 3.63) is 53.5 Å². The molecule has 1 aliphatic carbocycles. The first-order valence-corrected chi connectivity index (χ1v) is 11.0. The van der Waals surface area contributed by atoms with E-state index < -0.39 is 29.0 Å². The number of alkyl halides is 3. The van der Waals surface area contributed by atoms with E-state index in [9.17, 15) is 28.2 Å². The van der Waals surface area contributed by atoms with Crippen LogP contribution in [0.4, 0.5) is 18.9 Å². The topological polar surface area (TPSA) is 100 Å². The number of amides is 1. The monoisotopic (exact) mass is 476 g/mol. The highest BCUT2D eigenvalue weighted by atomic mass is 19.4. The molecule has 182 valence electrons. The van der Waals surface area contributed by atoms with Crippen molar-refractivity contribution in [1.82, 2.24) is 14.8 Å². The molecule has 7 nitrogen and oxygen atoms in total. The maximum atomic E-state index is 13.0. The van der Waals surface area contributed by atoms with Crippen molar-refractivity contribution in [1.29, 1.82) is 0 Å². The number of benzene rings is 1. The number of rotatable bonds is 5. The van der Waals surface area contributed by atoms with Gasteiger partial charge in [0.05, 0.1) is 22.8 Å². The predicted octanol–water partition coefficient (Wildman–Crippen LogP) is 4.65. The van der Waals surface area contributed by atoms with Crippen LogP contribution in [0.3, 0.4) is 0 Å². The number of halogens is 3. The minimum atomic E-state index is -4.67. The summed E-state index contributed by atoms with van der Waals surface area (Å²) in [4.78, 5) is 16.2. The van der Waals surface area contributed by atoms with E-state index in [4.69, 9.17) is 0 Å². The van der Waals surface area contributed by atoms with Crippen molar-refractivity contribution < 1.29 is 28.2 Å². The summed E-state index contributed by atoms with van der Waals surface area (Å²) in [5.74, 6) is -0.651. The van der Waals surface area contributed by atoms with Gasteiger partial charge in [0.15, 0.2) is 0 Å². The molecule has 1 fully saturated rings. The van der Waals surface area contributed by atoms with E-state index in [1.165, 1.54) is 6.07 Å². The number of carbonyl (C=O) groups is 1. The summed E-state index contributed by atoms with van der Waals surface area (Å²) in [6.45, 7) is 6.67. The molecule has 0 spiro atoms. The minimum absolute atomic E-state index is 0.127. The van der Waals surface area contributed by atoms with Crippen LogP contribution in [-0.4, -0.2) is 36.5 Å². The van der Waals surface area contributed by atoms with E-state index in [0.717, 1.165) is 25.0 Å². The van der Waals surface area contributed by atoms with Gasteiger partial charge in [0.25, 0.3) is 5.91 Å². The number of fused-ring (bicyclic) bond motifs is 1. The third-order valence-corrected chi connectivity index (χ3v) is 6.33. The molecule has 0 unspecified atom stereocenters. The van der Waals surface area contributed by atoms with Gasteiger partial charge in [-0.1, -0.05) is 6.07 Å². The van der Waals surface area contributed by atoms with Gasteiger partial charge < -0.3 is 15.5 Å². The van der Waals surface area contributed by atoms with Crippen molar-refractivity contribution in [2.75, 3.05) is 5.32 Å². The number of aliphatic hydroxyl groups is 2. The molecule has 4 rings (SSSR count). The quantitative estimate of drug-likeness (QED) is 0.498. The number of anilines is 1. The summed E-state index contributed by atoms with van der Waals surface area (Å²) >= 11 is 0. The molecule has 2 aromatic heterocycles. The van der Waals surface area contributed by atoms with Crippen LogP contribution >= 0.6 is 0 Å². The second-order valence-corrected chi connectivity index (χ2v) is 9.96. The number of hydrogen-bond donors (Lipinski definition) is 3. The maximum absolute atomic E-state index is 13.0. The van der Waals surface area contributed by atoms with Crippen LogP contribution in [0.1, 0.15) is 68.3 Å². The molecule has 10 heteroatoms. The molecule has 0 atom stereocenters. The normalized spacial score (nSPS) is 19.2. The van der Waals surface area contributed by atoms with Gasteiger partial charge in [-0.3, -0.25) is 9.48 Å². The average Bonchev–Trinajstić information content (AvgIpc) is 3.06. The number of carbonyl (C=O) groups excluding carboxylic acids is 1. The highest BCUT2D eigenvalue weighted by Gasteiger charge is 2.40. The van der Waals surface area contributed by atoms with Crippen molar-refractivity contribution in [2.24, 2.45) is 5.92 Å².